The summed E-state index contributed by atoms with van der Waals surface area (Å²) in [4.78, 5) is 11.2. The molecule has 0 saturated carbocycles. The summed E-state index contributed by atoms with van der Waals surface area (Å²) in [6, 6.07) is 2.03. The van der Waals surface area contributed by atoms with Crippen molar-refractivity contribution in [3.63, 3.8) is 0 Å². The van der Waals surface area contributed by atoms with Crippen LogP contribution in [0.25, 0.3) is 10.2 Å². The Kier molecular flexibility index (Phi) is 2.30. The minimum Gasteiger partial charge on any atom is -0.346 e. The van der Waals surface area contributed by atoms with Crippen LogP contribution in [0.5, 0.6) is 0 Å². The van der Waals surface area contributed by atoms with E-state index in [0.717, 1.165) is 35.7 Å². The van der Waals surface area contributed by atoms with Crippen molar-refractivity contribution >= 4 is 27.5 Å². The van der Waals surface area contributed by atoms with Gasteiger partial charge in [0.25, 0.3) is 0 Å². The van der Waals surface area contributed by atoms with Gasteiger partial charge in [-0.05, 0) is 11.4 Å². The molecule has 0 unspecified atom stereocenters. The highest BCUT2D eigenvalue weighted by Crippen LogP contribution is 2.32. The van der Waals surface area contributed by atoms with Gasteiger partial charge in [0.2, 0.25) is 5.95 Å². The van der Waals surface area contributed by atoms with Crippen molar-refractivity contribution in [2.75, 3.05) is 31.2 Å². The molecule has 0 bridgehead atoms. The molecule has 5 nitrogen and oxygen atoms in total. The smallest absolute Gasteiger partial charge is 0.226 e. The monoisotopic (exact) mass is 263 g/mol. The first-order valence-corrected chi connectivity index (χ1v) is 6.96. The number of fused-ring (bicyclic) bond motifs is 1. The van der Waals surface area contributed by atoms with Crippen molar-refractivity contribution in [1.29, 1.82) is 0 Å². The van der Waals surface area contributed by atoms with Gasteiger partial charge in [-0.1, -0.05) is 0 Å². The van der Waals surface area contributed by atoms with E-state index in [2.05, 4.69) is 14.9 Å². The molecule has 4 heterocycles. The first-order valence-electron chi connectivity index (χ1n) is 6.08. The van der Waals surface area contributed by atoms with E-state index in [1.54, 1.807) is 11.3 Å². The maximum absolute atomic E-state index is 5.71. The molecule has 0 amide bonds. The van der Waals surface area contributed by atoms with E-state index in [1.165, 1.54) is 0 Å². The van der Waals surface area contributed by atoms with Crippen molar-refractivity contribution in [3.05, 3.63) is 17.6 Å². The summed E-state index contributed by atoms with van der Waals surface area (Å²) >= 11 is 1.66. The number of aromatic nitrogens is 2. The quantitative estimate of drug-likeness (QED) is 0.783. The molecule has 6 heteroatoms. The predicted octanol–water partition coefficient (Wildman–Crippen LogP) is 1.64. The zero-order valence-electron chi connectivity index (χ0n) is 9.83. The number of thiophene rings is 1. The molecule has 0 N–H and O–H groups in total. The minimum atomic E-state index is -0.410. The fraction of sp³-hybridized carbons (Fsp3) is 0.500. The molecule has 94 valence electrons. The molecule has 2 fully saturated rings. The molecular weight excluding hydrogens is 250 g/mol. The number of ether oxygens (including phenoxy) is 2. The zero-order chi connectivity index (χ0) is 12.0. The van der Waals surface area contributed by atoms with Crippen LogP contribution in [0.4, 0.5) is 5.95 Å². The normalized spacial score (nSPS) is 22.3. The molecule has 1 spiro atoms. The van der Waals surface area contributed by atoms with Crippen LogP contribution in [0.15, 0.2) is 17.6 Å². The fourth-order valence-corrected chi connectivity index (χ4v) is 3.26. The zero-order valence-corrected chi connectivity index (χ0v) is 10.7. The molecule has 2 aromatic heterocycles. The molecular formula is C12H13N3O2S. The maximum atomic E-state index is 5.71. The highest BCUT2D eigenvalue weighted by Gasteiger charge is 2.44. The van der Waals surface area contributed by atoms with E-state index in [0.29, 0.717) is 13.2 Å². The van der Waals surface area contributed by atoms with Crippen molar-refractivity contribution in [1.82, 2.24) is 9.97 Å². The van der Waals surface area contributed by atoms with Gasteiger partial charge >= 0.3 is 0 Å². The van der Waals surface area contributed by atoms with Gasteiger partial charge in [0.1, 0.15) is 0 Å². The Hall–Kier alpha value is -1.24. The van der Waals surface area contributed by atoms with Gasteiger partial charge in [-0.2, -0.15) is 0 Å². The molecule has 2 aliphatic heterocycles. The first kappa shape index (κ1) is 10.7. The highest BCUT2D eigenvalue weighted by molar-refractivity contribution is 7.17. The Morgan fingerprint density at radius 3 is 3.11 bits per heavy atom. The average molecular weight is 263 g/mol. The van der Waals surface area contributed by atoms with E-state index in [1.807, 2.05) is 17.6 Å². The van der Waals surface area contributed by atoms with Crippen molar-refractivity contribution in [2.45, 2.75) is 12.2 Å². The number of rotatable bonds is 1. The van der Waals surface area contributed by atoms with Crippen LogP contribution in [0.2, 0.25) is 0 Å². The Balaban J connectivity index is 1.63. The van der Waals surface area contributed by atoms with Crippen LogP contribution in [0, 0.1) is 0 Å². The Morgan fingerprint density at radius 1 is 1.33 bits per heavy atom. The molecule has 2 aromatic rings. The second-order valence-corrected chi connectivity index (χ2v) is 5.57. The summed E-state index contributed by atoms with van der Waals surface area (Å²) in [6.45, 7) is 2.99. The fourth-order valence-electron chi connectivity index (χ4n) is 2.57. The van der Waals surface area contributed by atoms with Crippen LogP contribution < -0.4 is 4.90 Å². The van der Waals surface area contributed by atoms with E-state index in [9.17, 15) is 0 Å². The van der Waals surface area contributed by atoms with Crippen molar-refractivity contribution in [3.8, 4) is 0 Å². The highest BCUT2D eigenvalue weighted by atomic mass is 32.1. The lowest BCUT2D eigenvalue weighted by Crippen LogP contribution is -2.34. The molecule has 2 aliphatic rings. The average Bonchev–Trinajstić information content (AvgIpc) is 3.11. The number of anilines is 1. The van der Waals surface area contributed by atoms with Crippen LogP contribution in [0.3, 0.4) is 0 Å². The predicted molar refractivity (Wildman–Crippen MR) is 68.9 cm³/mol. The maximum Gasteiger partial charge on any atom is 0.226 e. The third kappa shape index (κ3) is 1.60. The van der Waals surface area contributed by atoms with Gasteiger partial charge in [-0.25, -0.2) is 9.97 Å². The minimum absolute atomic E-state index is 0.410. The van der Waals surface area contributed by atoms with Gasteiger partial charge in [0.15, 0.2) is 5.79 Å². The van der Waals surface area contributed by atoms with Crippen LogP contribution in [0.1, 0.15) is 6.42 Å². The summed E-state index contributed by atoms with van der Waals surface area (Å²) in [5, 5.41) is 2.04. The van der Waals surface area contributed by atoms with Gasteiger partial charge in [-0.3, -0.25) is 0 Å². The van der Waals surface area contributed by atoms with Gasteiger partial charge in [-0.15, -0.1) is 11.3 Å². The second kappa shape index (κ2) is 3.88. The summed E-state index contributed by atoms with van der Waals surface area (Å²) in [5.41, 5.74) is 1.01. The van der Waals surface area contributed by atoms with Gasteiger partial charge < -0.3 is 14.4 Å². The van der Waals surface area contributed by atoms with E-state index >= 15 is 0 Å². The van der Waals surface area contributed by atoms with Crippen LogP contribution in [-0.4, -0.2) is 42.1 Å². The van der Waals surface area contributed by atoms with Crippen LogP contribution in [-0.2, 0) is 9.47 Å². The SMILES string of the molecule is c1cc2nc(N3CCC4(C3)OCCO4)ncc2s1. The molecule has 0 radical (unpaired) electrons. The lowest BCUT2D eigenvalue weighted by Gasteiger charge is -2.22. The molecule has 0 atom stereocenters. The summed E-state index contributed by atoms with van der Waals surface area (Å²) in [6.07, 6.45) is 2.78. The standard InChI is InChI=1S/C12H13N3O2S/c1-6-18-10-7-13-11(14-9(1)10)15-3-2-12(8-15)16-4-5-17-12/h1,6-7H,2-5,8H2. The third-order valence-corrected chi connectivity index (χ3v) is 4.32. The van der Waals surface area contributed by atoms with Gasteiger partial charge in [0.05, 0.1) is 36.2 Å². The van der Waals surface area contributed by atoms with E-state index in [4.69, 9.17) is 9.47 Å². The van der Waals surface area contributed by atoms with Crippen LogP contribution >= 0.6 is 11.3 Å². The van der Waals surface area contributed by atoms with E-state index in [-0.39, 0.29) is 0 Å². The molecule has 0 aromatic carbocycles. The lowest BCUT2D eigenvalue weighted by molar-refractivity contribution is -0.138. The van der Waals surface area contributed by atoms with E-state index < -0.39 is 5.79 Å². The summed E-state index contributed by atoms with van der Waals surface area (Å²) in [5.74, 6) is 0.365. The Labute approximate surface area is 108 Å². The number of nitrogens with zero attached hydrogens (tertiary/aromatic N) is 3. The first-order chi connectivity index (χ1) is 8.85. The largest absolute Gasteiger partial charge is 0.346 e. The summed E-state index contributed by atoms with van der Waals surface area (Å²) in [7, 11) is 0. The topological polar surface area (TPSA) is 47.5 Å². The lowest BCUT2D eigenvalue weighted by atomic mass is 10.2. The number of hydrogen-bond acceptors (Lipinski definition) is 6. The number of hydrogen-bond donors (Lipinski definition) is 0. The molecule has 2 saturated heterocycles. The summed E-state index contributed by atoms with van der Waals surface area (Å²) < 4.78 is 12.5. The second-order valence-electron chi connectivity index (χ2n) is 4.62. The van der Waals surface area contributed by atoms with Crippen molar-refractivity contribution < 1.29 is 9.47 Å². The van der Waals surface area contributed by atoms with Gasteiger partial charge in [0, 0.05) is 13.0 Å². The molecule has 0 aliphatic carbocycles. The Morgan fingerprint density at radius 2 is 2.22 bits per heavy atom. The molecule has 4 rings (SSSR count). The Bertz CT molecular complexity index is 579. The third-order valence-electron chi connectivity index (χ3n) is 3.48. The van der Waals surface area contributed by atoms with Crippen molar-refractivity contribution in [2.24, 2.45) is 0 Å². The molecule has 18 heavy (non-hydrogen) atoms.